The van der Waals surface area contributed by atoms with Crippen molar-refractivity contribution < 1.29 is 9.53 Å². The summed E-state index contributed by atoms with van der Waals surface area (Å²) >= 11 is 0. The van der Waals surface area contributed by atoms with Crippen molar-refractivity contribution in [1.82, 2.24) is 15.1 Å². The average molecular weight is 209 g/mol. The maximum atomic E-state index is 11.6. The molecule has 1 amide bonds. The summed E-state index contributed by atoms with van der Waals surface area (Å²) in [7, 11) is 1.82. The normalized spacial score (nSPS) is 21.9. The van der Waals surface area contributed by atoms with Gasteiger partial charge in [0.05, 0.1) is 12.4 Å². The summed E-state index contributed by atoms with van der Waals surface area (Å²) in [5, 5.41) is 6.82. The number of hydrogen-bond donors (Lipinski definition) is 1. The number of rotatable bonds is 2. The number of aryl methyl sites for hydroxylation is 1. The summed E-state index contributed by atoms with van der Waals surface area (Å²) in [6.45, 7) is 0.756. The molecular weight excluding hydrogens is 194 g/mol. The van der Waals surface area contributed by atoms with Gasteiger partial charge in [0.1, 0.15) is 0 Å². The zero-order valence-corrected chi connectivity index (χ0v) is 8.77. The number of ether oxygens (including phenoxy) is 1. The third kappa shape index (κ3) is 2.49. The van der Waals surface area contributed by atoms with Crippen LogP contribution in [0.2, 0.25) is 0 Å². The van der Waals surface area contributed by atoms with E-state index >= 15 is 0 Å². The molecular formula is C10H15N3O2. The first kappa shape index (κ1) is 10.0. The summed E-state index contributed by atoms with van der Waals surface area (Å²) in [5.74, 6) is 0.635. The topological polar surface area (TPSA) is 56.1 Å². The molecule has 1 saturated heterocycles. The van der Waals surface area contributed by atoms with Crippen molar-refractivity contribution >= 4 is 5.91 Å². The van der Waals surface area contributed by atoms with Crippen LogP contribution in [-0.4, -0.2) is 28.3 Å². The highest BCUT2D eigenvalue weighted by molar-refractivity contribution is 5.81. The van der Waals surface area contributed by atoms with Crippen molar-refractivity contribution in [1.29, 1.82) is 0 Å². The average Bonchev–Trinajstić information content (AvgIpc) is 2.50. The van der Waals surface area contributed by atoms with Gasteiger partial charge in [-0.15, -0.1) is 0 Å². The Morgan fingerprint density at radius 1 is 1.60 bits per heavy atom. The molecule has 2 rings (SSSR count). The number of aromatic nitrogens is 2. The monoisotopic (exact) mass is 209 g/mol. The number of amides is 1. The quantitative estimate of drug-likeness (QED) is 0.770. The number of nitrogens with one attached hydrogen (secondary N) is 1. The van der Waals surface area contributed by atoms with Crippen LogP contribution in [0, 0.1) is 0 Å². The van der Waals surface area contributed by atoms with E-state index in [9.17, 15) is 4.79 Å². The maximum Gasteiger partial charge on any atom is 0.261 e. The van der Waals surface area contributed by atoms with Crippen LogP contribution in [0.15, 0.2) is 12.4 Å². The van der Waals surface area contributed by atoms with Crippen LogP contribution in [0.3, 0.4) is 0 Å². The third-order valence-corrected chi connectivity index (χ3v) is 2.44. The fourth-order valence-corrected chi connectivity index (χ4v) is 1.65. The van der Waals surface area contributed by atoms with Crippen LogP contribution >= 0.6 is 0 Å². The molecule has 0 aliphatic carbocycles. The molecule has 0 saturated carbocycles. The van der Waals surface area contributed by atoms with E-state index in [4.69, 9.17) is 4.74 Å². The predicted molar refractivity (Wildman–Crippen MR) is 54.5 cm³/mol. The van der Waals surface area contributed by atoms with E-state index in [0.29, 0.717) is 5.75 Å². The number of carbonyl (C=O) groups excluding carboxylic acids is 1. The van der Waals surface area contributed by atoms with Gasteiger partial charge in [-0.1, -0.05) is 0 Å². The molecule has 1 aliphatic rings. The van der Waals surface area contributed by atoms with Crippen LogP contribution in [0.4, 0.5) is 0 Å². The first-order valence-corrected chi connectivity index (χ1v) is 5.19. The highest BCUT2D eigenvalue weighted by Crippen LogP contribution is 2.15. The molecule has 15 heavy (non-hydrogen) atoms. The Morgan fingerprint density at radius 3 is 3.20 bits per heavy atom. The number of nitrogens with zero attached hydrogens (tertiary/aromatic N) is 2. The lowest BCUT2D eigenvalue weighted by molar-refractivity contribution is -0.127. The van der Waals surface area contributed by atoms with Crippen LogP contribution in [0.5, 0.6) is 5.75 Å². The van der Waals surface area contributed by atoms with Gasteiger partial charge in [-0.05, 0) is 19.3 Å². The largest absolute Gasteiger partial charge is 0.477 e. The molecule has 5 nitrogen and oxygen atoms in total. The molecule has 0 radical (unpaired) electrons. The van der Waals surface area contributed by atoms with E-state index in [1.165, 1.54) is 0 Å². The van der Waals surface area contributed by atoms with E-state index in [-0.39, 0.29) is 12.0 Å². The van der Waals surface area contributed by atoms with Gasteiger partial charge in [0.2, 0.25) is 0 Å². The summed E-state index contributed by atoms with van der Waals surface area (Å²) < 4.78 is 7.23. The Labute approximate surface area is 88.4 Å². The van der Waals surface area contributed by atoms with Crippen molar-refractivity contribution in [3.05, 3.63) is 12.4 Å². The van der Waals surface area contributed by atoms with E-state index in [1.807, 2.05) is 7.05 Å². The molecule has 5 heteroatoms. The van der Waals surface area contributed by atoms with E-state index < -0.39 is 0 Å². The van der Waals surface area contributed by atoms with Crippen molar-refractivity contribution in [3.63, 3.8) is 0 Å². The minimum Gasteiger partial charge on any atom is -0.477 e. The number of carbonyl (C=O) groups is 1. The highest BCUT2D eigenvalue weighted by atomic mass is 16.5. The SMILES string of the molecule is Cn1cc(OC2CCCCNC2=O)cn1. The highest BCUT2D eigenvalue weighted by Gasteiger charge is 2.22. The van der Waals surface area contributed by atoms with Gasteiger partial charge in [0.25, 0.3) is 5.91 Å². The first-order chi connectivity index (χ1) is 7.25. The van der Waals surface area contributed by atoms with Crippen molar-refractivity contribution in [3.8, 4) is 5.75 Å². The molecule has 1 aromatic rings. The van der Waals surface area contributed by atoms with Gasteiger partial charge in [-0.2, -0.15) is 5.10 Å². The van der Waals surface area contributed by atoms with Gasteiger partial charge in [-0.3, -0.25) is 9.48 Å². The lowest BCUT2D eigenvalue weighted by Crippen LogP contribution is -2.36. The Morgan fingerprint density at radius 2 is 2.47 bits per heavy atom. The summed E-state index contributed by atoms with van der Waals surface area (Å²) in [6.07, 6.45) is 5.84. The second-order valence-corrected chi connectivity index (χ2v) is 3.74. The van der Waals surface area contributed by atoms with Crippen molar-refractivity contribution in [2.75, 3.05) is 6.54 Å². The molecule has 82 valence electrons. The lowest BCUT2D eigenvalue weighted by atomic mass is 10.2. The minimum atomic E-state index is -0.364. The second-order valence-electron chi connectivity index (χ2n) is 3.74. The summed E-state index contributed by atoms with van der Waals surface area (Å²) in [4.78, 5) is 11.6. The molecule has 1 atom stereocenters. The predicted octanol–water partition coefficient (Wildman–Crippen LogP) is 0.468. The maximum absolute atomic E-state index is 11.6. The number of hydrogen-bond acceptors (Lipinski definition) is 3. The minimum absolute atomic E-state index is 0.0173. The Balaban J connectivity index is 2.00. The van der Waals surface area contributed by atoms with Crippen LogP contribution in [-0.2, 0) is 11.8 Å². The molecule has 0 bridgehead atoms. The van der Waals surface area contributed by atoms with Crippen molar-refractivity contribution in [2.24, 2.45) is 7.05 Å². The van der Waals surface area contributed by atoms with E-state index in [1.54, 1.807) is 17.1 Å². The standard InChI is InChI=1S/C10H15N3O2/c1-13-7-8(6-12-13)15-9-4-2-3-5-11-10(9)14/h6-7,9H,2-5H2,1H3,(H,11,14). The molecule has 2 heterocycles. The second kappa shape index (κ2) is 4.33. The molecule has 1 aliphatic heterocycles. The summed E-state index contributed by atoms with van der Waals surface area (Å²) in [5.41, 5.74) is 0. The van der Waals surface area contributed by atoms with Gasteiger partial charge < -0.3 is 10.1 Å². The van der Waals surface area contributed by atoms with Gasteiger partial charge in [0.15, 0.2) is 11.9 Å². The Kier molecular flexibility index (Phi) is 2.89. The first-order valence-electron chi connectivity index (χ1n) is 5.19. The van der Waals surface area contributed by atoms with Gasteiger partial charge in [0, 0.05) is 13.6 Å². The molecule has 1 N–H and O–H groups in total. The fraction of sp³-hybridized carbons (Fsp3) is 0.600. The molecule has 1 aromatic heterocycles. The summed E-state index contributed by atoms with van der Waals surface area (Å²) in [6, 6.07) is 0. The Hall–Kier alpha value is -1.52. The fourth-order valence-electron chi connectivity index (χ4n) is 1.65. The van der Waals surface area contributed by atoms with Gasteiger partial charge in [-0.25, -0.2) is 0 Å². The van der Waals surface area contributed by atoms with Crippen molar-refractivity contribution in [2.45, 2.75) is 25.4 Å². The third-order valence-electron chi connectivity index (χ3n) is 2.44. The van der Waals surface area contributed by atoms with Crippen LogP contribution < -0.4 is 10.1 Å². The molecule has 0 aromatic carbocycles. The van der Waals surface area contributed by atoms with Crippen LogP contribution in [0.25, 0.3) is 0 Å². The van der Waals surface area contributed by atoms with Crippen LogP contribution in [0.1, 0.15) is 19.3 Å². The zero-order valence-electron chi connectivity index (χ0n) is 8.77. The van der Waals surface area contributed by atoms with E-state index in [2.05, 4.69) is 10.4 Å². The molecule has 0 spiro atoms. The lowest BCUT2D eigenvalue weighted by Gasteiger charge is -2.13. The smallest absolute Gasteiger partial charge is 0.261 e. The van der Waals surface area contributed by atoms with Gasteiger partial charge >= 0.3 is 0 Å². The molecule has 1 unspecified atom stereocenters. The Bertz CT molecular complexity index is 348. The zero-order chi connectivity index (χ0) is 10.7. The molecule has 1 fully saturated rings. The van der Waals surface area contributed by atoms with E-state index in [0.717, 1.165) is 25.8 Å².